The molecule has 2 aromatic heterocycles. The molecule has 0 amide bonds. The van der Waals surface area contributed by atoms with Gasteiger partial charge in [-0.25, -0.2) is 0 Å². The second-order valence-corrected chi connectivity index (χ2v) is 8.11. The van der Waals surface area contributed by atoms with E-state index in [1.807, 2.05) is 0 Å². The van der Waals surface area contributed by atoms with Gasteiger partial charge in [0.15, 0.2) is 5.76 Å². The van der Waals surface area contributed by atoms with E-state index in [4.69, 9.17) is 43.6 Å². The molecule has 3 nitrogen and oxygen atoms in total. The Bertz CT molecular complexity index is 1370. The van der Waals surface area contributed by atoms with Crippen molar-refractivity contribution in [2.45, 2.75) is 6.18 Å². The smallest absolute Gasteiger partial charge is 0.416 e. The first-order valence-corrected chi connectivity index (χ1v) is 10.5. The topological polar surface area (TPSA) is 43.4 Å². The van der Waals surface area contributed by atoms with E-state index in [9.17, 15) is 18.0 Å². The van der Waals surface area contributed by atoms with Crippen molar-refractivity contribution < 1.29 is 26.8 Å². The molecule has 0 fully saturated rings. The van der Waals surface area contributed by atoms with Crippen molar-refractivity contribution in [1.29, 1.82) is 0 Å². The van der Waals surface area contributed by atoms with Crippen LogP contribution in [0.4, 0.5) is 13.2 Å². The van der Waals surface area contributed by atoms with Crippen LogP contribution in [0.1, 0.15) is 21.9 Å². The van der Waals surface area contributed by atoms with Gasteiger partial charge in [0.2, 0.25) is 5.78 Å². The molecule has 0 saturated carbocycles. The fourth-order valence-corrected chi connectivity index (χ4v) is 3.50. The van der Waals surface area contributed by atoms with Gasteiger partial charge in [0.25, 0.3) is 0 Å². The van der Waals surface area contributed by atoms with E-state index in [1.165, 1.54) is 30.4 Å². The van der Waals surface area contributed by atoms with E-state index in [0.717, 1.165) is 18.2 Å². The van der Waals surface area contributed by atoms with E-state index in [0.29, 0.717) is 21.4 Å². The van der Waals surface area contributed by atoms with Crippen LogP contribution in [0.5, 0.6) is 0 Å². The van der Waals surface area contributed by atoms with E-state index < -0.39 is 17.5 Å². The summed E-state index contributed by atoms with van der Waals surface area (Å²) in [7, 11) is 0. The molecular formula is C24H12Cl3F3O3. The first kappa shape index (κ1) is 23.2. The minimum atomic E-state index is -4.51. The lowest BCUT2D eigenvalue weighted by molar-refractivity contribution is -0.137. The average molecular weight is 512 g/mol. The summed E-state index contributed by atoms with van der Waals surface area (Å²) in [6, 6.07) is 14.0. The minimum Gasteiger partial charge on any atom is -0.457 e. The van der Waals surface area contributed by atoms with Crippen LogP contribution in [0.3, 0.4) is 0 Å². The maximum atomic E-state index is 13.0. The lowest BCUT2D eigenvalue weighted by Gasteiger charge is -2.09. The summed E-state index contributed by atoms with van der Waals surface area (Å²) < 4.78 is 50.1. The zero-order valence-corrected chi connectivity index (χ0v) is 18.7. The molecular weight excluding hydrogens is 500 g/mol. The van der Waals surface area contributed by atoms with Gasteiger partial charge in [-0.3, -0.25) is 4.79 Å². The molecule has 0 aliphatic heterocycles. The Morgan fingerprint density at radius 1 is 0.788 bits per heavy atom. The number of alkyl halides is 3. The van der Waals surface area contributed by atoms with Crippen LogP contribution in [0.2, 0.25) is 15.1 Å². The second kappa shape index (κ2) is 9.14. The summed E-state index contributed by atoms with van der Waals surface area (Å²) in [5.74, 6) is 0.474. The highest BCUT2D eigenvalue weighted by atomic mass is 35.5. The first-order valence-electron chi connectivity index (χ1n) is 9.36. The molecule has 0 saturated heterocycles. The Balaban J connectivity index is 1.52. The monoisotopic (exact) mass is 510 g/mol. The lowest BCUT2D eigenvalue weighted by atomic mass is 10.1. The van der Waals surface area contributed by atoms with Crippen molar-refractivity contribution in [2.75, 3.05) is 0 Å². The van der Waals surface area contributed by atoms with Crippen molar-refractivity contribution in [1.82, 2.24) is 0 Å². The maximum absolute atomic E-state index is 13.0. The van der Waals surface area contributed by atoms with Gasteiger partial charge >= 0.3 is 6.18 Å². The minimum absolute atomic E-state index is 0.0834. The molecule has 168 valence electrons. The summed E-state index contributed by atoms with van der Waals surface area (Å²) in [5.41, 5.74) is -0.1000. The standard InChI is InChI=1S/C24H12Cl3F3O3/c25-17-6-2-14(24(28,29)30)12-16(17)22-8-4-15(32-22)3-7-20(31)23-10-9-21(33-23)13-1-5-18(26)19(27)11-13/h1-12H/b7-3+. The van der Waals surface area contributed by atoms with Crippen molar-refractivity contribution >= 4 is 46.7 Å². The fraction of sp³-hybridized carbons (Fsp3) is 0.0417. The number of carbonyl (C=O) groups excluding carboxylic acids is 1. The predicted molar refractivity (Wildman–Crippen MR) is 122 cm³/mol. The van der Waals surface area contributed by atoms with Gasteiger partial charge in [0.05, 0.1) is 20.6 Å². The first-order chi connectivity index (χ1) is 15.6. The number of hydrogen-bond acceptors (Lipinski definition) is 3. The van der Waals surface area contributed by atoms with E-state index in [2.05, 4.69) is 0 Å². The average Bonchev–Trinajstić information content (AvgIpc) is 3.43. The van der Waals surface area contributed by atoms with Crippen molar-refractivity contribution in [3.63, 3.8) is 0 Å². The van der Waals surface area contributed by atoms with Crippen LogP contribution in [-0.2, 0) is 6.18 Å². The summed E-state index contributed by atoms with van der Waals surface area (Å²) in [5, 5.41) is 0.859. The Kier molecular flexibility index (Phi) is 6.43. The molecule has 0 bridgehead atoms. The number of carbonyl (C=O) groups is 1. The Morgan fingerprint density at radius 3 is 2.24 bits per heavy atom. The highest BCUT2D eigenvalue weighted by molar-refractivity contribution is 6.42. The summed E-state index contributed by atoms with van der Waals surface area (Å²) in [6.07, 6.45) is -1.90. The molecule has 4 rings (SSSR count). The molecule has 9 heteroatoms. The van der Waals surface area contributed by atoms with Crippen LogP contribution >= 0.6 is 34.8 Å². The molecule has 0 N–H and O–H groups in total. The fourth-order valence-electron chi connectivity index (χ4n) is 2.99. The highest BCUT2D eigenvalue weighted by Gasteiger charge is 2.31. The molecule has 0 aliphatic carbocycles. The second-order valence-electron chi connectivity index (χ2n) is 6.88. The predicted octanol–water partition coefficient (Wildman–Crippen LogP) is 9.08. The van der Waals surface area contributed by atoms with Crippen LogP contribution in [0, 0.1) is 0 Å². The Labute approximate surface area is 201 Å². The van der Waals surface area contributed by atoms with Crippen LogP contribution in [-0.4, -0.2) is 5.78 Å². The number of allylic oxidation sites excluding steroid dienone is 1. The Morgan fingerprint density at radius 2 is 1.52 bits per heavy atom. The summed E-state index contributed by atoms with van der Waals surface area (Å²) in [4.78, 5) is 12.5. The largest absolute Gasteiger partial charge is 0.457 e. The molecule has 0 atom stereocenters. The van der Waals surface area contributed by atoms with Crippen molar-refractivity contribution in [2.24, 2.45) is 0 Å². The molecule has 2 aromatic carbocycles. The number of halogens is 6. The molecule has 0 unspecified atom stereocenters. The summed E-state index contributed by atoms with van der Waals surface area (Å²) in [6.45, 7) is 0. The molecule has 0 aliphatic rings. The number of benzene rings is 2. The SMILES string of the molecule is O=C(/C=C/c1ccc(-c2cc(C(F)(F)F)ccc2Cl)o1)c1ccc(-c2ccc(Cl)c(Cl)c2)o1. The van der Waals surface area contributed by atoms with Gasteiger partial charge in [0.1, 0.15) is 17.3 Å². The van der Waals surface area contributed by atoms with Gasteiger partial charge < -0.3 is 8.83 Å². The van der Waals surface area contributed by atoms with E-state index in [1.54, 1.807) is 24.3 Å². The lowest BCUT2D eigenvalue weighted by Crippen LogP contribution is -2.04. The normalized spacial score (nSPS) is 11.9. The Hall–Kier alpha value is -2.93. The maximum Gasteiger partial charge on any atom is 0.416 e. The summed E-state index contributed by atoms with van der Waals surface area (Å²) >= 11 is 18.0. The van der Waals surface area contributed by atoms with Gasteiger partial charge in [-0.05, 0) is 72.8 Å². The van der Waals surface area contributed by atoms with Gasteiger partial charge in [-0.1, -0.05) is 34.8 Å². The third-order valence-electron chi connectivity index (χ3n) is 4.64. The number of hydrogen-bond donors (Lipinski definition) is 0. The van der Waals surface area contributed by atoms with Crippen LogP contribution < -0.4 is 0 Å². The van der Waals surface area contributed by atoms with Gasteiger partial charge in [-0.15, -0.1) is 0 Å². The number of furan rings is 2. The van der Waals surface area contributed by atoms with Crippen molar-refractivity contribution in [3.8, 4) is 22.6 Å². The van der Waals surface area contributed by atoms with Gasteiger partial charge in [-0.2, -0.15) is 13.2 Å². The molecule has 0 radical (unpaired) electrons. The number of rotatable bonds is 5. The number of ketones is 1. The van der Waals surface area contributed by atoms with Crippen LogP contribution in [0.25, 0.3) is 28.7 Å². The van der Waals surface area contributed by atoms with E-state index in [-0.39, 0.29) is 27.9 Å². The van der Waals surface area contributed by atoms with Crippen molar-refractivity contribution in [3.05, 3.63) is 98.9 Å². The highest BCUT2D eigenvalue weighted by Crippen LogP contribution is 2.36. The zero-order valence-electron chi connectivity index (χ0n) is 16.4. The third kappa shape index (κ3) is 5.19. The van der Waals surface area contributed by atoms with Crippen LogP contribution in [0.15, 0.2) is 75.6 Å². The molecule has 33 heavy (non-hydrogen) atoms. The van der Waals surface area contributed by atoms with E-state index >= 15 is 0 Å². The molecule has 4 aromatic rings. The molecule has 2 heterocycles. The van der Waals surface area contributed by atoms with Gasteiger partial charge in [0, 0.05) is 11.1 Å². The molecule has 0 spiro atoms. The third-order valence-corrected chi connectivity index (χ3v) is 5.71. The zero-order chi connectivity index (χ0) is 23.8. The quantitative estimate of drug-likeness (QED) is 0.198.